The van der Waals surface area contributed by atoms with Crippen molar-refractivity contribution in [2.45, 2.75) is 26.0 Å². The van der Waals surface area contributed by atoms with E-state index in [1.807, 2.05) is 73.7 Å². The van der Waals surface area contributed by atoms with Gasteiger partial charge in [0.05, 0.1) is 6.04 Å². The molecule has 1 atom stereocenters. The van der Waals surface area contributed by atoms with Gasteiger partial charge in [0.1, 0.15) is 12.9 Å². The maximum atomic E-state index is 12.1. The Morgan fingerprint density at radius 3 is 2.29 bits per heavy atom. The lowest BCUT2D eigenvalue weighted by atomic mass is 9.99. The molecule has 0 aliphatic rings. The number of aldehydes is 1. The van der Waals surface area contributed by atoms with Gasteiger partial charge in [-0.1, -0.05) is 73.7 Å². The van der Waals surface area contributed by atoms with Gasteiger partial charge in [0.25, 0.3) is 0 Å². The summed E-state index contributed by atoms with van der Waals surface area (Å²) in [7, 11) is 0. The highest BCUT2D eigenvalue weighted by atomic mass is 16.5. The van der Waals surface area contributed by atoms with Gasteiger partial charge < -0.3 is 10.1 Å². The Labute approximate surface area is 142 Å². The van der Waals surface area contributed by atoms with E-state index in [0.717, 1.165) is 17.4 Å². The fraction of sp³-hybridized carbons (Fsp3) is 0.200. The molecule has 0 aliphatic heterocycles. The summed E-state index contributed by atoms with van der Waals surface area (Å²) in [6.07, 6.45) is 2.73. The average molecular weight is 323 g/mol. The zero-order valence-corrected chi connectivity index (χ0v) is 13.6. The zero-order valence-electron chi connectivity index (χ0n) is 13.6. The molecule has 1 amide bonds. The van der Waals surface area contributed by atoms with E-state index in [1.165, 1.54) is 0 Å². The molecule has 2 aromatic carbocycles. The summed E-state index contributed by atoms with van der Waals surface area (Å²) >= 11 is 0. The molecule has 0 aromatic heterocycles. The predicted molar refractivity (Wildman–Crippen MR) is 93.4 cm³/mol. The number of amides is 1. The highest BCUT2D eigenvalue weighted by Gasteiger charge is 2.19. The number of hydrogen-bond acceptors (Lipinski definition) is 3. The lowest BCUT2D eigenvalue weighted by Crippen LogP contribution is -2.30. The first-order chi connectivity index (χ1) is 11.7. The van der Waals surface area contributed by atoms with Crippen LogP contribution in [0.4, 0.5) is 4.79 Å². The number of carbonyl (C=O) groups excluding carboxylic acids is 2. The molecule has 0 unspecified atom stereocenters. The molecule has 2 aromatic rings. The third kappa shape index (κ3) is 5.09. The van der Waals surface area contributed by atoms with Crippen LogP contribution < -0.4 is 5.32 Å². The van der Waals surface area contributed by atoms with E-state index >= 15 is 0 Å². The Kier molecular flexibility index (Phi) is 6.77. The summed E-state index contributed by atoms with van der Waals surface area (Å²) in [5.41, 5.74) is 2.25. The molecule has 0 saturated heterocycles. The van der Waals surface area contributed by atoms with Crippen molar-refractivity contribution in [1.82, 2.24) is 5.32 Å². The summed E-state index contributed by atoms with van der Waals surface area (Å²) in [6.45, 7) is 2.13. The molecule has 24 heavy (non-hydrogen) atoms. The smallest absolute Gasteiger partial charge is 0.408 e. The molecule has 0 spiro atoms. The second-order valence-corrected chi connectivity index (χ2v) is 5.28. The standard InChI is InChI=1S/C20H21NO3/c1-2-9-18(14-22)19(17-12-7-4-8-13-17)21-20(23)24-15-16-10-5-3-6-11-16/h3-14,19H,2,15H2,1H3,(H,21,23)/b18-9+/t19-/m1/s1. The summed E-state index contributed by atoms with van der Waals surface area (Å²) in [5.74, 6) is 0. The molecule has 0 bridgehead atoms. The molecule has 2 rings (SSSR count). The topological polar surface area (TPSA) is 55.4 Å². The lowest BCUT2D eigenvalue weighted by molar-refractivity contribution is -0.105. The second-order valence-electron chi connectivity index (χ2n) is 5.28. The molecular weight excluding hydrogens is 302 g/mol. The van der Waals surface area contributed by atoms with Crippen LogP contribution in [-0.4, -0.2) is 12.4 Å². The monoisotopic (exact) mass is 323 g/mol. The number of allylic oxidation sites excluding steroid dienone is 1. The lowest BCUT2D eigenvalue weighted by Gasteiger charge is -2.19. The maximum absolute atomic E-state index is 12.1. The Bertz CT molecular complexity index is 681. The fourth-order valence-electron chi connectivity index (χ4n) is 2.36. The van der Waals surface area contributed by atoms with Gasteiger partial charge in [-0.2, -0.15) is 0 Å². The molecule has 0 aliphatic carbocycles. The SMILES string of the molecule is CC/C=C(\C=O)[C@H](NC(=O)OCc1ccccc1)c1ccccc1. The van der Waals surface area contributed by atoms with Gasteiger partial charge in [-0.25, -0.2) is 4.79 Å². The largest absolute Gasteiger partial charge is 0.445 e. The quantitative estimate of drug-likeness (QED) is 0.614. The van der Waals surface area contributed by atoms with Gasteiger partial charge >= 0.3 is 6.09 Å². The van der Waals surface area contributed by atoms with Gasteiger partial charge in [-0.15, -0.1) is 0 Å². The average Bonchev–Trinajstić information content (AvgIpc) is 2.64. The number of benzene rings is 2. The Morgan fingerprint density at radius 1 is 1.08 bits per heavy atom. The van der Waals surface area contributed by atoms with Gasteiger partial charge in [-0.05, 0) is 17.5 Å². The molecule has 0 radical (unpaired) electrons. The van der Waals surface area contributed by atoms with Crippen LogP contribution in [0.25, 0.3) is 0 Å². The summed E-state index contributed by atoms with van der Waals surface area (Å²) in [4.78, 5) is 23.6. The third-order valence-corrected chi connectivity index (χ3v) is 3.52. The molecule has 4 heteroatoms. The third-order valence-electron chi connectivity index (χ3n) is 3.52. The van der Waals surface area contributed by atoms with Crippen molar-refractivity contribution in [2.24, 2.45) is 0 Å². The van der Waals surface area contributed by atoms with Gasteiger partial charge in [-0.3, -0.25) is 4.79 Å². The van der Waals surface area contributed by atoms with E-state index in [2.05, 4.69) is 5.32 Å². The van der Waals surface area contributed by atoms with Crippen LogP contribution in [0.15, 0.2) is 72.3 Å². The van der Waals surface area contributed by atoms with E-state index in [1.54, 1.807) is 0 Å². The fourth-order valence-corrected chi connectivity index (χ4v) is 2.36. The first-order valence-corrected chi connectivity index (χ1v) is 7.92. The van der Waals surface area contributed by atoms with Crippen LogP contribution in [0.1, 0.15) is 30.5 Å². The van der Waals surface area contributed by atoms with Crippen LogP contribution in [0.3, 0.4) is 0 Å². The number of alkyl carbamates (subject to hydrolysis) is 1. The minimum absolute atomic E-state index is 0.183. The second kappa shape index (κ2) is 9.30. The highest BCUT2D eigenvalue weighted by molar-refractivity contribution is 5.78. The van der Waals surface area contributed by atoms with Crippen molar-refractivity contribution in [3.63, 3.8) is 0 Å². The molecule has 0 fully saturated rings. The van der Waals surface area contributed by atoms with Crippen LogP contribution in [0.2, 0.25) is 0 Å². The number of carbonyl (C=O) groups is 2. The van der Waals surface area contributed by atoms with Crippen molar-refractivity contribution in [2.75, 3.05) is 0 Å². The van der Waals surface area contributed by atoms with Gasteiger partial charge in [0.15, 0.2) is 0 Å². The van der Waals surface area contributed by atoms with Gasteiger partial charge in [0.2, 0.25) is 0 Å². The van der Waals surface area contributed by atoms with E-state index in [0.29, 0.717) is 12.0 Å². The Morgan fingerprint density at radius 2 is 1.71 bits per heavy atom. The van der Waals surface area contributed by atoms with Crippen LogP contribution in [0.5, 0.6) is 0 Å². The zero-order chi connectivity index (χ0) is 17.2. The predicted octanol–water partition coefficient (Wildman–Crippen LogP) is 4.19. The Hall–Kier alpha value is -2.88. The minimum atomic E-state index is -0.559. The van der Waals surface area contributed by atoms with Crippen molar-refractivity contribution in [3.8, 4) is 0 Å². The molecule has 0 saturated carbocycles. The molecular formula is C20H21NO3. The minimum Gasteiger partial charge on any atom is -0.445 e. The van der Waals surface area contributed by atoms with Crippen molar-refractivity contribution in [1.29, 1.82) is 0 Å². The first kappa shape index (κ1) is 17.5. The van der Waals surface area contributed by atoms with E-state index in [-0.39, 0.29) is 6.61 Å². The maximum Gasteiger partial charge on any atom is 0.408 e. The molecule has 0 heterocycles. The molecule has 1 N–H and O–H groups in total. The number of ether oxygens (including phenoxy) is 1. The van der Waals surface area contributed by atoms with Crippen LogP contribution >= 0.6 is 0 Å². The van der Waals surface area contributed by atoms with E-state index in [9.17, 15) is 9.59 Å². The highest BCUT2D eigenvalue weighted by Crippen LogP contribution is 2.21. The molecule has 4 nitrogen and oxygen atoms in total. The summed E-state index contributed by atoms with van der Waals surface area (Å²) in [5, 5.41) is 2.78. The van der Waals surface area contributed by atoms with Crippen LogP contribution in [-0.2, 0) is 16.1 Å². The summed E-state index contributed by atoms with van der Waals surface area (Å²) < 4.78 is 5.26. The van der Waals surface area contributed by atoms with Crippen molar-refractivity contribution >= 4 is 12.4 Å². The first-order valence-electron chi connectivity index (χ1n) is 7.92. The van der Waals surface area contributed by atoms with E-state index < -0.39 is 12.1 Å². The Balaban J connectivity index is 2.08. The number of nitrogens with one attached hydrogen (secondary N) is 1. The number of hydrogen-bond donors (Lipinski definition) is 1. The van der Waals surface area contributed by atoms with Crippen LogP contribution in [0, 0.1) is 0 Å². The normalized spacial score (nSPS) is 12.3. The van der Waals surface area contributed by atoms with Gasteiger partial charge in [0, 0.05) is 5.57 Å². The molecule has 124 valence electrons. The van der Waals surface area contributed by atoms with E-state index in [4.69, 9.17) is 4.74 Å². The number of rotatable bonds is 7. The van der Waals surface area contributed by atoms with Crippen molar-refractivity contribution < 1.29 is 14.3 Å². The van der Waals surface area contributed by atoms with Crippen molar-refractivity contribution in [3.05, 3.63) is 83.4 Å². The summed E-state index contributed by atoms with van der Waals surface area (Å²) in [6, 6.07) is 18.3.